The van der Waals surface area contributed by atoms with Gasteiger partial charge in [-0.15, -0.1) is 0 Å². The number of amides is 3. The van der Waals surface area contributed by atoms with Gasteiger partial charge in [0.1, 0.15) is 11.8 Å². The molecule has 8 nitrogen and oxygen atoms in total. The van der Waals surface area contributed by atoms with Gasteiger partial charge in [-0.05, 0) is 48.9 Å². The molecule has 3 atom stereocenters. The van der Waals surface area contributed by atoms with Gasteiger partial charge in [0.25, 0.3) is 11.8 Å². The van der Waals surface area contributed by atoms with Crippen LogP contribution in [0.15, 0.2) is 54.6 Å². The number of aliphatic hydroxyl groups excluding tert-OH is 1. The maximum atomic E-state index is 13.2. The van der Waals surface area contributed by atoms with Crippen molar-refractivity contribution < 1.29 is 24.2 Å². The summed E-state index contributed by atoms with van der Waals surface area (Å²) in [5, 5.41) is 19.1. The van der Waals surface area contributed by atoms with Crippen LogP contribution in [0.3, 0.4) is 0 Å². The molecular weight excluding hydrogens is 434 g/mol. The Morgan fingerprint density at radius 2 is 1.71 bits per heavy atom. The predicted octanol–water partition coefficient (Wildman–Crippen LogP) is 1.82. The lowest BCUT2D eigenvalue weighted by molar-refractivity contribution is -0.133. The zero-order valence-corrected chi connectivity index (χ0v) is 19.8. The summed E-state index contributed by atoms with van der Waals surface area (Å²) in [6.45, 7) is 3.64. The Labute approximate surface area is 200 Å². The van der Waals surface area contributed by atoms with Gasteiger partial charge in [0, 0.05) is 11.6 Å². The number of benzene rings is 2. The first-order valence-corrected chi connectivity index (χ1v) is 11.6. The highest BCUT2D eigenvalue weighted by Gasteiger charge is 2.34. The average Bonchev–Trinajstić information content (AvgIpc) is 3.65. The van der Waals surface area contributed by atoms with Crippen LogP contribution in [0.1, 0.15) is 42.6 Å². The molecule has 0 aromatic heterocycles. The van der Waals surface area contributed by atoms with Crippen LogP contribution < -0.4 is 20.7 Å². The average molecular weight is 468 g/mol. The molecule has 2 unspecified atom stereocenters. The summed E-state index contributed by atoms with van der Waals surface area (Å²) >= 11 is 0. The number of aliphatic hydroxyl groups is 1. The van der Waals surface area contributed by atoms with Crippen LogP contribution in [0.5, 0.6) is 5.75 Å². The maximum absolute atomic E-state index is 13.2. The van der Waals surface area contributed by atoms with Gasteiger partial charge in [-0.1, -0.05) is 50.2 Å². The second kappa shape index (κ2) is 11.7. The number of carbonyl (C=O) groups is 3. The van der Waals surface area contributed by atoms with E-state index in [2.05, 4.69) is 16.0 Å². The van der Waals surface area contributed by atoms with Crippen molar-refractivity contribution in [2.45, 2.75) is 57.3 Å². The topological polar surface area (TPSA) is 117 Å². The van der Waals surface area contributed by atoms with Crippen LogP contribution in [0, 0.1) is 5.92 Å². The van der Waals surface area contributed by atoms with Crippen LogP contribution >= 0.6 is 0 Å². The van der Waals surface area contributed by atoms with Gasteiger partial charge in [-0.3, -0.25) is 14.4 Å². The number of hydrogen-bond donors (Lipinski definition) is 4. The van der Waals surface area contributed by atoms with Crippen molar-refractivity contribution in [3.8, 4) is 5.75 Å². The molecule has 4 N–H and O–H groups in total. The molecule has 1 aliphatic rings. The van der Waals surface area contributed by atoms with E-state index < -0.39 is 35.9 Å². The minimum atomic E-state index is -1.42. The monoisotopic (exact) mass is 467 g/mol. The van der Waals surface area contributed by atoms with Gasteiger partial charge in [-0.25, -0.2) is 0 Å². The van der Waals surface area contributed by atoms with Gasteiger partial charge in [-0.2, -0.15) is 0 Å². The molecule has 8 heteroatoms. The van der Waals surface area contributed by atoms with Gasteiger partial charge >= 0.3 is 0 Å². The molecule has 0 saturated heterocycles. The van der Waals surface area contributed by atoms with Crippen molar-refractivity contribution in [3.05, 3.63) is 65.7 Å². The minimum absolute atomic E-state index is 0.0841. The summed E-state index contributed by atoms with van der Waals surface area (Å²) in [5.74, 6) is -1.09. The largest absolute Gasteiger partial charge is 0.497 e. The van der Waals surface area contributed by atoms with E-state index >= 15 is 0 Å². The smallest absolute Gasteiger partial charge is 0.252 e. The highest BCUT2D eigenvalue weighted by atomic mass is 16.5. The summed E-state index contributed by atoms with van der Waals surface area (Å²) < 4.78 is 5.17. The third-order valence-electron chi connectivity index (χ3n) is 5.77. The molecule has 34 heavy (non-hydrogen) atoms. The molecule has 0 aliphatic heterocycles. The fraction of sp³-hybridized carbons (Fsp3) is 0.423. The summed E-state index contributed by atoms with van der Waals surface area (Å²) in [6, 6.07) is 14.3. The molecular formula is C26H33N3O5. The number of nitrogens with one attached hydrogen (secondary N) is 3. The molecule has 0 heterocycles. The van der Waals surface area contributed by atoms with Crippen molar-refractivity contribution in [1.82, 2.24) is 16.0 Å². The Bertz CT molecular complexity index is 991. The van der Waals surface area contributed by atoms with E-state index in [4.69, 9.17) is 4.74 Å². The Hall–Kier alpha value is -3.39. The van der Waals surface area contributed by atoms with Gasteiger partial charge in [0.2, 0.25) is 5.91 Å². The summed E-state index contributed by atoms with van der Waals surface area (Å²) in [7, 11) is 1.51. The highest BCUT2D eigenvalue weighted by molar-refractivity contribution is 5.98. The zero-order chi connectivity index (χ0) is 24.7. The van der Waals surface area contributed by atoms with Crippen LogP contribution in [0.4, 0.5) is 0 Å². The SMILES string of the molecule is COc1cccc(C(=O)N[C@H](C(=O)NC(Cc2ccccc2)C(O)C(=O)NC2CC2)C(C)C)c1. The number of rotatable bonds is 11. The fourth-order valence-corrected chi connectivity index (χ4v) is 3.60. The minimum Gasteiger partial charge on any atom is -0.497 e. The molecule has 3 rings (SSSR count). The number of ether oxygens (including phenoxy) is 1. The Morgan fingerprint density at radius 3 is 2.32 bits per heavy atom. The van der Waals surface area contributed by atoms with Crippen LogP contribution in [0.25, 0.3) is 0 Å². The molecule has 0 spiro atoms. The standard InChI is InChI=1S/C26H33N3O5/c1-16(2)22(29-24(31)18-10-7-11-20(15-18)34-3)25(32)28-21(14-17-8-5-4-6-9-17)23(30)26(33)27-19-12-13-19/h4-11,15-16,19,21-23,30H,12-14H2,1-3H3,(H,27,33)(H,28,32)(H,29,31)/t21?,22-,23?/m0/s1. The molecule has 2 aromatic carbocycles. The lowest BCUT2D eigenvalue weighted by atomic mass is 9.98. The third-order valence-corrected chi connectivity index (χ3v) is 5.77. The summed E-state index contributed by atoms with van der Waals surface area (Å²) in [5.41, 5.74) is 1.23. The molecule has 3 amide bonds. The second-order valence-corrected chi connectivity index (χ2v) is 8.96. The number of methoxy groups -OCH3 is 1. The number of hydrogen-bond acceptors (Lipinski definition) is 5. The van der Waals surface area contributed by atoms with Gasteiger partial charge in [0.15, 0.2) is 6.10 Å². The third kappa shape index (κ3) is 7.05. The van der Waals surface area contributed by atoms with Gasteiger partial charge in [0.05, 0.1) is 13.2 Å². The van der Waals surface area contributed by atoms with Crippen molar-refractivity contribution in [2.24, 2.45) is 5.92 Å². The Morgan fingerprint density at radius 1 is 1.00 bits per heavy atom. The maximum Gasteiger partial charge on any atom is 0.252 e. The first-order chi connectivity index (χ1) is 16.3. The van der Waals surface area contributed by atoms with Crippen molar-refractivity contribution >= 4 is 17.7 Å². The molecule has 182 valence electrons. The van der Waals surface area contributed by atoms with Crippen LogP contribution in [-0.4, -0.2) is 54.2 Å². The Kier molecular flexibility index (Phi) is 8.65. The van der Waals surface area contributed by atoms with E-state index in [1.807, 2.05) is 44.2 Å². The highest BCUT2D eigenvalue weighted by Crippen LogP contribution is 2.19. The van der Waals surface area contributed by atoms with Crippen molar-refractivity contribution in [1.29, 1.82) is 0 Å². The quantitative estimate of drug-likeness (QED) is 0.402. The first-order valence-electron chi connectivity index (χ1n) is 11.6. The predicted molar refractivity (Wildman–Crippen MR) is 128 cm³/mol. The van der Waals surface area contributed by atoms with Crippen LogP contribution in [0.2, 0.25) is 0 Å². The molecule has 2 aromatic rings. The Balaban J connectivity index is 1.74. The lowest BCUT2D eigenvalue weighted by Gasteiger charge is -2.28. The van der Waals surface area contributed by atoms with E-state index in [0.717, 1.165) is 18.4 Å². The lowest BCUT2D eigenvalue weighted by Crippen LogP contribution is -2.57. The van der Waals surface area contributed by atoms with Crippen LogP contribution in [-0.2, 0) is 16.0 Å². The summed E-state index contributed by atoms with van der Waals surface area (Å²) in [6.07, 6.45) is 0.618. The molecule has 0 bridgehead atoms. The van der Waals surface area contributed by atoms with E-state index in [9.17, 15) is 19.5 Å². The van der Waals surface area contributed by atoms with E-state index in [1.165, 1.54) is 7.11 Å². The molecule has 1 fully saturated rings. The normalized spacial score (nSPS) is 15.7. The number of carbonyl (C=O) groups excluding carboxylic acids is 3. The second-order valence-electron chi connectivity index (χ2n) is 8.96. The van der Waals surface area contributed by atoms with Crippen molar-refractivity contribution in [3.63, 3.8) is 0 Å². The molecule has 1 saturated carbocycles. The van der Waals surface area contributed by atoms with Crippen molar-refractivity contribution in [2.75, 3.05) is 7.11 Å². The zero-order valence-electron chi connectivity index (χ0n) is 19.8. The van der Waals surface area contributed by atoms with E-state index in [-0.39, 0.29) is 18.4 Å². The fourth-order valence-electron chi connectivity index (χ4n) is 3.60. The molecule has 1 aliphatic carbocycles. The van der Waals surface area contributed by atoms with Gasteiger partial charge < -0.3 is 25.8 Å². The summed E-state index contributed by atoms with van der Waals surface area (Å²) in [4.78, 5) is 38.6. The first kappa shape index (κ1) is 25.2. The van der Waals surface area contributed by atoms with E-state index in [0.29, 0.717) is 11.3 Å². The molecule has 0 radical (unpaired) electrons. The van der Waals surface area contributed by atoms with E-state index in [1.54, 1.807) is 24.3 Å².